The molecule has 0 radical (unpaired) electrons. The van der Waals surface area contributed by atoms with E-state index < -0.39 is 0 Å². The third-order valence-corrected chi connectivity index (χ3v) is 3.69. The molecule has 1 aliphatic rings. The van der Waals surface area contributed by atoms with Crippen molar-refractivity contribution in [1.82, 2.24) is 10.9 Å². The maximum absolute atomic E-state index is 11.9. The van der Waals surface area contributed by atoms with Gasteiger partial charge in [0.05, 0.1) is 5.70 Å². The molecule has 2 rings (SSSR count). The van der Waals surface area contributed by atoms with E-state index in [1.54, 1.807) is 18.2 Å². The molecule has 1 amide bonds. The lowest BCUT2D eigenvalue weighted by Gasteiger charge is -2.27. The summed E-state index contributed by atoms with van der Waals surface area (Å²) in [5.74, 6) is -0.249. The van der Waals surface area contributed by atoms with E-state index in [1.807, 2.05) is 12.1 Å². The Morgan fingerprint density at radius 1 is 1.35 bits per heavy atom. The Bertz CT molecular complexity index is 579. The number of hydrogen-bond acceptors (Lipinski definition) is 3. The van der Waals surface area contributed by atoms with Crippen LogP contribution in [0.25, 0.3) is 0 Å². The van der Waals surface area contributed by atoms with Crippen LogP contribution in [0.5, 0.6) is 0 Å². The zero-order chi connectivity index (χ0) is 14.8. The molecule has 1 aliphatic carbocycles. The highest BCUT2D eigenvalue weighted by Crippen LogP contribution is 2.31. The number of hydrazine groups is 1. The number of ketones is 1. The highest BCUT2D eigenvalue weighted by molar-refractivity contribution is 9.10. The number of benzene rings is 1. The molecule has 0 atom stereocenters. The fraction of sp³-hybridized carbons (Fsp3) is 0.333. The summed E-state index contributed by atoms with van der Waals surface area (Å²) in [7, 11) is 0. The first-order valence-corrected chi connectivity index (χ1v) is 7.22. The standard InChI is InChI=1S/C15H17BrN2O2/c1-15(2)7-6-12(13(19)9-15)17-18-14(20)10-4-3-5-11(16)8-10/h3-6,8,17H,7,9H2,1-2H3,(H,18,20). The fourth-order valence-electron chi connectivity index (χ4n) is 2.04. The van der Waals surface area contributed by atoms with E-state index in [1.165, 1.54) is 0 Å². The molecule has 2 N–H and O–H groups in total. The number of carbonyl (C=O) groups excluding carboxylic acids is 2. The Kier molecular flexibility index (Phi) is 4.28. The number of allylic oxidation sites excluding steroid dienone is 2. The van der Waals surface area contributed by atoms with E-state index in [9.17, 15) is 9.59 Å². The molecular weight excluding hydrogens is 320 g/mol. The quantitative estimate of drug-likeness (QED) is 0.834. The normalized spacial score (nSPS) is 17.4. The van der Waals surface area contributed by atoms with Gasteiger partial charge in [0, 0.05) is 16.5 Å². The van der Waals surface area contributed by atoms with Gasteiger partial charge >= 0.3 is 0 Å². The largest absolute Gasteiger partial charge is 0.295 e. The number of nitrogens with one attached hydrogen (secondary N) is 2. The Morgan fingerprint density at radius 3 is 2.75 bits per heavy atom. The van der Waals surface area contributed by atoms with E-state index in [2.05, 4.69) is 40.6 Å². The molecule has 4 nitrogen and oxygen atoms in total. The summed E-state index contributed by atoms with van der Waals surface area (Å²) in [6, 6.07) is 7.06. The second-order valence-corrected chi connectivity index (χ2v) is 6.59. The lowest BCUT2D eigenvalue weighted by Crippen LogP contribution is -2.41. The van der Waals surface area contributed by atoms with Gasteiger partial charge in [-0.25, -0.2) is 0 Å². The Morgan fingerprint density at radius 2 is 2.10 bits per heavy atom. The predicted molar refractivity (Wildman–Crippen MR) is 80.8 cm³/mol. The lowest BCUT2D eigenvalue weighted by molar-refractivity contribution is -0.118. The van der Waals surface area contributed by atoms with Gasteiger partial charge in [0.25, 0.3) is 5.91 Å². The third kappa shape index (κ3) is 3.70. The summed E-state index contributed by atoms with van der Waals surface area (Å²) in [5, 5.41) is 0. The van der Waals surface area contributed by atoms with Crippen LogP contribution in [0, 0.1) is 5.41 Å². The molecule has 0 aliphatic heterocycles. The van der Waals surface area contributed by atoms with Crippen molar-refractivity contribution in [3.05, 3.63) is 46.1 Å². The van der Waals surface area contributed by atoms with E-state index in [4.69, 9.17) is 0 Å². The van der Waals surface area contributed by atoms with Crippen molar-refractivity contribution in [1.29, 1.82) is 0 Å². The summed E-state index contributed by atoms with van der Waals surface area (Å²) >= 11 is 3.31. The molecule has 1 aromatic carbocycles. The molecular formula is C15H17BrN2O2. The molecule has 106 valence electrons. The van der Waals surface area contributed by atoms with Crippen LogP contribution in [0.1, 0.15) is 37.0 Å². The second-order valence-electron chi connectivity index (χ2n) is 5.68. The van der Waals surface area contributed by atoms with E-state index in [0.29, 0.717) is 17.7 Å². The van der Waals surface area contributed by atoms with Gasteiger partial charge in [-0.3, -0.25) is 20.4 Å². The zero-order valence-electron chi connectivity index (χ0n) is 11.5. The van der Waals surface area contributed by atoms with E-state index >= 15 is 0 Å². The van der Waals surface area contributed by atoms with Crippen molar-refractivity contribution < 1.29 is 9.59 Å². The van der Waals surface area contributed by atoms with Crippen molar-refractivity contribution in [3.8, 4) is 0 Å². The van der Waals surface area contributed by atoms with Gasteiger partial charge in [-0.15, -0.1) is 0 Å². The topological polar surface area (TPSA) is 58.2 Å². The third-order valence-electron chi connectivity index (χ3n) is 3.20. The maximum atomic E-state index is 11.9. The first-order valence-electron chi connectivity index (χ1n) is 6.43. The number of halogens is 1. The summed E-state index contributed by atoms with van der Waals surface area (Å²) in [6.07, 6.45) is 3.14. The minimum atomic E-state index is -0.273. The highest BCUT2D eigenvalue weighted by Gasteiger charge is 2.27. The average Bonchev–Trinajstić information content (AvgIpc) is 2.36. The first-order chi connectivity index (χ1) is 9.37. The SMILES string of the molecule is CC1(C)CC=C(NNC(=O)c2cccc(Br)c2)C(=O)C1. The molecule has 0 unspecified atom stereocenters. The van der Waals surface area contributed by atoms with Crippen molar-refractivity contribution in [2.45, 2.75) is 26.7 Å². The molecule has 0 aromatic heterocycles. The number of carbonyl (C=O) groups is 2. The Balaban J connectivity index is 1.98. The average molecular weight is 337 g/mol. The summed E-state index contributed by atoms with van der Waals surface area (Å²) in [5.41, 5.74) is 6.26. The van der Waals surface area contributed by atoms with Crippen molar-refractivity contribution in [3.63, 3.8) is 0 Å². The first kappa shape index (κ1) is 14.8. The molecule has 5 heteroatoms. The minimum absolute atomic E-state index is 0.00341. The van der Waals surface area contributed by atoms with Gasteiger partial charge < -0.3 is 0 Å². The van der Waals surface area contributed by atoms with Crippen molar-refractivity contribution >= 4 is 27.6 Å². The molecule has 0 fully saturated rings. The molecule has 0 heterocycles. The molecule has 0 saturated carbocycles. The Hall–Kier alpha value is -1.62. The highest BCUT2D eigenvalue weighted by atomic mass is 79.9. The lowest BCUT2D eigenvalue weighted by atomic mass is 9.79. The summed E-state index contributed by atoms with van der Waals surface area (Å²) in [4.78, 5) is 23.9. The fourth-order valence-corrected chi connectivity index (χ4v) is 2.44. The van der Waals surface area contributed by atoms with Crippen LogP contribution >= 0.6 is 15.9 Å². The van der Waals surface area contributed by atoms with Crippen LogP contribution in [0.15, 0.2) is 40.5 Å². The van der Waals surface area contributed by atoms with E-state index in [0.717, 1.165) is 10.9 Å². The molecule has 1 aromatic rings. The molecule has 0 bridgehead atoms. The number of hydrogen-bond donors (Lipinski definition) is 2. The molecule has 0 spiro atoms. The maximum Gasteiger partial charge on any atom is 0.269 e. The zero-order valence-corrected chi connectivity index (χ0v) is 13.1. The van der Waals surface area contributed by atoms with E-state index in [-0.39, 0.29) is 17.1 Å². The van der Waals surface area contributed by atoms with Crippen LogP contribution in [-0.2, 0) is 4.79 Å². The van der Waals surface area contributed by atoms with Crippen molar-refractivity contribution in [2.24, 2.45) is 5.41 Å². The predicted octanol–water partition coefficient (Wildman–Crippen LogP) is 2.96. The van der Waals surface area contributed by atoms with Crippen LogP contribution in [0.4, 0.5) is 0 Å². The van der Waals surface area contributed by atoms with Gasteiger partial charge in [0.15, 0.2) is 5.78 Å². The number of Topliss-reactive ketones (excluding diaryl/α,β-unsaturated/α-hetero) is 1. The van der Waals surface area contributed by atoms with Gasteiger partial charge in [-0.05, 0) is 30.0 Å². The smallest absolute Gasteiger partial charge is 0.269 e. The van der Waals surface area contributed by atoms with Gasteiger partial charge in [0.2, 0.25) is 0 Å². The van der Waals surface area contributed by atoms with Gasteiger partial charge in [0.1, 0.15) is 0 Å². The Labute approximate surface area is 126 Å². The summed E-state index contributed by atoms with van der Waals surface area (Å²) in [6.45, 7) is 4.11. The molecule has 20 heavy (non-hydrogen) atoms. The second kappa shape index (κ2) is 5.79. The minimum Gasteiger partial charge on any atom is -0.295 e. The monoisotopic (exact) mass is 336 g/mol. The van der Waals surface area contributed by atoms with Crippen LogP contribution in [0.2, 0.25) is 0 Å². The molecule has 0 saturated heterocycles. The van der Waals surface area contributed by atoms with Crippen LogP contribution in [0.3, 0.4) is 0 Å². The number of amides is 1. The van der Waals surface area contributed by atoms with Crippen molar-refractivity contribution in [2.75, 3.05) is 0 Å². The van der Waals surface area contributed by atoms with Crippen LogP contribution in [-0.4, -0.2) is 11.7 Å². The van der Waals surface area contributed by atoms with Gasteiger partial charge in [-0.1, -0.05) is 41.9 Å². The number of rotatable bonds is 3. The van der Waals surface area contributed by atoms with Gasteiger partial charge in [-0.2, -0.15) is 0 Å². The summed E-state index contributed by atoms with van der Waals surface area (Å²) < 4.78 is 0.833. The van der Waals surface area contributed by atoms with Crippen LogP contribution < -0.4 is 10.9 Å².